The molecule has 18 heavy (non-hydrogen) atoms. The molecule has 0 saturated heterocycles. The minimum absolute atomic E-state index is 0.0555. The van der Waals surface area contributed by atoms with Crippen LogP contribution in [0.2, 0.25) is 0 Å². The van der Waals surface area contributed by atoms with Gasteiger partial charge in [-0.1, -0.05) is 32.9 Å². The minimum Gasteiger partial charge on any atom is -0.386 e. The fourth-order valence-corrected chi connectivity index (χ4v) is 2.33. The molecular formula is C16H30N2. The third-order valence-electron chi connectivity index (χ3n) is 4.28. The Hall–Kier alpha value is -0.760. The Morgan fingerprint density at radius 2 is 1.83 bits per heavy atom. The summed E-state index contributed by atoms with van der Waals surface area (Å²) in [4.78, 5) is 0. The number of hydrogen-bond acceptors (Lipinski definition) is 2. The second-order valence-corrected chi connectivity index (χ2v) is 5.89. The van der Waals surface area contributed by atoms with Gasteiger partial charge in [0.25, 0.3) is 0 Å². The van der Waals surface area contributed by atoms with Crippen molar-refractivity contribution in [2.24, 2.45) is 5.92 Å². The van der Waals surface area contributed by atoms with Gasteiger partial charge in [0.05, 0.1) is 0 Å². The summed E-state index contributed by atoms with van der Waals surface area (Å²) in [6, 6.07) is 1.09. The SMILES string of the molecule is CCC(C)NC1=CC=CC(C)(NC(C)CC)C1C. The predicted molar refractivity (Wildman–Crippen MR) is 80.6 cm³/mol. The van der Waals surface area contributed by atoms with Crippen molar-refractivity contribution in [3.8, 4) is 0 Å². The van der Waals surface area contributed by atoms with E-state index in [9.17, 15) is 0 Å². The Labute approximate surface area is 113 Å². The van der Waals surface area contributed by atoms with Crippen LogP contribution in [0.25, 0.3) is 0 Å². The average molecular weight is 250 g/mol. The lowest BCUT2D eigenvalue weighted by Crippen LogP contribution is -2.53. The van der Waals surface area contributed by atoms with Crippen LogP contribution < -0.4 is 10.6 Å². The molecule has 1 aliphatic carbocycles. The maximum Gasteiger partial charge on any atom is 0.0421 e. The first-order chi connectivity index (χ1) is 8.42. The molecule has 0 aromatic heterocycles. The van der Waals surface area contributed by atoms with Gasteiger partial charge < -0.3 is 10.6 Å². The van der Waals surface area contributed by atoms with E-state index < -0.39 is 0 Å². The third kappa shape index (κ3) is 3.61. The van der Waals surface area contributed by atoms with Gasteiger partial charge in [0.15, 0.2) is 0 Å². The fraction of sp³-hybridized carbons (Fsp3) is 0.750. The number of allylic oxidation sites excluding steroid dienone is 2. The molecule has 0 spiro atoms. The molecule has 0 saturated carbocycles. The second kappa shape index (κ2) is 6.42. The fourth-order valence-electron chi connectivity index (χ4n) is 2.33. The molecular weight excluding hydrogens is 220 g/mol. The van der Waals surface area contributed by atoms with E-state index in [1.165, 1.54) is 5.70 Å². The van der Waals surface area contributed by atoms with E-state index in [0.29, 0.717) is 18.0 Å². The van der Waals surface area contributed by atoms with Gasteiger partial charge in [0.2, 0.25) is 0 Å². The Morgan fingerprint density at radius 3 is 2.39 bits per heavy atom. The Morgan fingerprint density at radius 1 is 1.22 bits per heavy atom. The quantitative estimate of drug-likeness (QED) is 0.752. The Bertz CT molecular complexity index is 319. The first-order valence-electron chi connectivity index (χ1n) is 7.36. The highest BCUT2D eigenvalue weighted by Gasteiger charge is 2.33. The summed E-state index contributed by atoms with van der Waals surface area (Å²) >= 11 is 0. The summed E-state index contributed by atoms with van der Waals surface area (Å²) in [5.74, 6) is 0.477. The average Bonchev–Trinajstić information content (AvgIpc) is 2.34. The zero-order chi connectivity index (χ0) is 13.8. The number of nitrogens with one attached hydrogen (secondary N) is 2. The molecule has 0 aromatic carbocycles. The molecule has 2 N–H and O–H groups in total. The highest BCUT2D eigenvalue weighted by Crippen LogP contribution is 2.29. The van der Waals surface area contributed by atoms with Gasteiger partial charge in [0, 0.05) is 29.2 Å². The first kappa shape index (κ1) is 15.3. The van der Waals surface area contributed by atoms with E-state index >= 15 is 0 Å². The Kier molecular flexibility index (Phi) is 5.46. The monoisotopic (exact) mass is 250 g/mol. The van der Waals surface area contributed by atoms with Gasteiger partial charge in [-0.05, 0) is 39.7 Å². The molecule has 0 aromatic rings. The molecule has 2 nitrogen and oxygen atoms in total. The summed E-state index contributed by atoms with van der Waals surface area (Å²) in [6.45, 7) is 13.5. The molecule has 0 radical (unpaired) electrons. The van der Waals surface area contributed by atoms with E-state index in [2.05, 4.69) is 70.4 Å². The third-order valence-corrected chi connectivity index (χ3v) is 4.28. The summed E-state index contributed by atoms with van der Waals surface area (Å²) in [6.07, 6.45) is 9.01. The zero-order valence-electron chi connectivity index (χ0n) is 12.9. The topological polar surface area (TPSA) is 24.1 Å². The molecule has 0 amide bonds. The maximum atomic E-state index is 3.75. The van der Waals surface area contributed by atoms with Crippen molar-refractivity contribution < 1.29 is 0 Å². The molecule has 1 aliphatic rings. The molecule has 0 fully saturated rings. The number of hydrogen-bond donors (Lipinski definition) is 2. The second-order valence-electron chi connectivity index (χ2n) is 5.89. The lowest BCUT2D eigenvalue weighted by molar-refractivity contribution is 0.289. The van der Waals surface area contributed by atoms with Crippen LogP contribution in [0, 0.1) is 5.92 Å². The van der Waals surface area contributed by atoms with Crippen LogP contribution in [0.5, 0.6) is 0 Å². The van der Waals surface area contributed by atoms with E-state index in [-0.39, 0.29) is 5.54 Å². The van der Waals surface area contributed by atoms with Crippen molar-refractivity contribution in [3.05, 3.63) is 23.9 Å². The zero-order valence-corrected chi connectivity index (χ0v) is 12.9. The van der Waals surface area contributed by atoms with E-state index in [0.717, 1.165) is 12.8 Å². The molecule has 4 unspecified atom stereocenters. The summed E-state index contributed by atoms with van der Waals surface area (Å²) in [5.41, 5.74) is 1.41. The van der Waals surface area contributed by atoms with E-state index in [4.69, 9.17) is 0 Å². The summed E-state index contributed by atoms with van der Waals surface area (Å²) in [5, 5.41) is 7.38. The number of rotatable bonds is 6. The smallest absolute Gasteiger partial charge is 0.0421 e. The molecule has 104 valence electrons. The lowest BCUT2D eigenvalue weighted by atomic mass is 9.80. The lowest BCUT2D eigenvalue weighted by Gasteiger charge is -2.40. The highest BCUT2D eigenvalue weighted by atomic mass is 15.0. The van der Waals surface area contributed by atoms with Gasteiger partial charge in [-0.2, -0.15) is 0 Å². The largest absolute Gasteiger partial charge is 0.386 e. The van der Waals surface area contributed by atoms with Crippen molar-refractivity contribution in [2.75, 3.05) is 0 Å². The van der Waals surface area contributed by atoms with Crippen LogP contribution >= 0.6 is 0 Å². The van der Waals surface area contributed by atoms with Crippen molar-refractivity contribution >= 4 is 0 Å². The standard InChI is InChI=1S/C16H30N2/c1-7-12(3)17-15-10-9-11-16(6,14(15)5)18-13(4)8-2/h9-14,17-18H,7-8H2,1-6H3. The molecule has 2 heteroatoms. The van der Waals surface area contributed by atoms with Crippen molar-refractivity contribution in [1.82, 2.24) is 10.6 Å². The van der Waals surface area contributed by atoms with Gasteiger partial charge in [-0.15, -0.1) is 0 Å². The maximum absolute atomic E-state index is 3.75. The normalized spacial score (nSPS) is 30.8. The van der Waals surface area contributed by atoms with Gasteiger partial charge in [-0.25, -0.2) is 0 Å². The van der Waals surface area contributed by atoms with Crippen molar-refractivity contribution in [1.29, 1.82) is 0 Å². The molecule has 0 bridgehead atoms. The molecule has 4 atom stereocenters. The molecule has 0 aliphatic heterocycles. The summed E-state index contributed by atoms with van der Waals surface area (Å²) < 4.78 is 0. The van der Waals surface area contributed by atoms with Gasteiger partial charge in [0.1, 0.15) is 0 Å². The molecule has 0 heterocycles. The van der Waals surface area contributed by atoms with Crippen LogP contribution in [-0.2, 0) is 0 Å². The first-order valence-corrected chi connectivity index (χ1v) is 7.36. The minimum atomic E-state index is 0.0555. The van der Waals surface area contributed by atoms with Gasteiger partial charge in [-0.3, -0.25) is 0 Å². The van der Waals surface area contributed by atoms with Crippen molar-refractivity contribution in [2.45, 2.75) is 72.0 Å². The summed E-state index contributed by atoms with van der Waals surface area (Å²) in [7, 11) is 0. The molecule has 1 rings (SSSR count). The van der Waals surface area contributed by atoms with Crippen LogP contribution in [0.3, 0.4) is 0 Å². The Balaban J connectivity index is 2.76. The van der Waals surface area contributed by atoms with Crippen LogP contribution in [0.1, 0.15) is 54.4 Å². The van der Waals surface area contributed by atoms with E-state index in [1.807, 2.05) is 0 Å². The van der Waals surface area contributed by atoms with Crippen LogP contribution in [0.4, 0.5) is 0 Å². The van der Waals surface area contributed by atoms with Crippen molar-refractivity contribution in [3.63, 3.8) is 0 Å². The van der Waals surface area contributed by atoms with Crippen LogP contribution in [-0.4, -0.2) is 17.6 Å². The van der Waals surface area contributed by atoms with Crippen LogP contribution in [0.15, 0.2) is 23.9 Å². The van der Waals surface area contributed by atoms with E-state index in [1.54, 1.807) is 0 Å². The highest BCUT2D eigenvalue weighted by molar-refractivity contribution is 5.29. The predicted octanol–water partition coefficient (Wildman–Crippen LogP) is 3.61. The van der Waals surface area contributed by atoms with Gasteiger partial charge >= 0.3 is 0 Å².